The van der Waals surface area contributed by atoms with Crippen molar-refractivity contribution in [1.82, 2.24) is 24.6 Å². The van der Waals surface area contributed by atoms with Crippen molar-refractivity contribution in [3.8, 4) is 11.4 Å². The Morgan fingerprint density at radius 3 is 2.59 bits per heavy atom. The molecule has 2 aromatic heterocycles. The summed E-state index contributed by atoms with van der Waals surface area (Å²) < 4.78 is 1.89. The van der Waals surface area contributed by atoms with E-state index in [0.717, 1.165) is 34.3 Å². The molecule has 27 heavy (non-hydrogen) atoms. The SMILES string of the molecule is CCn1ccc(-c2cc(NC[C@H](c3ccccc3Cl)N(C)C)nc(C)n2)n1. The molecule has 2 heterocycles. The quantitative estimate of drug-likeness (QED) is 0.666. The van der Waals surface area contributed by atoms with Crippen molar-refractivity contribution in [3.05, 3.63) is 59.0 Å². The highest BCUT2D eigenvalue weighted by Crippen LogP contribution is 2.26. The Bertz CT molecular complexity index is 905. The van der Waals surface area contributed by atoms with Crippen LogP contribution in [-0.4, -0.2) is 45.3 Å². The number of halogens is 1. The molecule has 0 fully saturated rings. The van der Waals surface area contributed by atoms with Crippen LogP contribution in [0, 0.1) is 6.92 Å². The van der Waals surface area contributed by atoms with Crippen LogP contribution in [0.3, 0.4) is 0 Å². The van der Waals surface area contributed by atoms with Crippen molar-refractivity contribution in [2.45, 2.75) is 26.4 Å². The molecule has 0 spiro atoms. The highest BCUT2D eigenvalue weighted by atomic mass is 35.5. The predicted octanol–water partition coefficient (Wildman–Crippen LogP) is 4.04. The fraction of sp³-hybridized carbons (Fsp3) is 0.350. The number of hydrogen-bond donors (Lipinski definition) is 1. The third kappa shape index (κ3) is 4.64. The first-order valence-electron chi connectivity index (χ1n) is 9.02. The van der Waals surface area contributed by atoms with Crippen LogP contribution in [0.1, 0.15) is 24.4 Å². The molecule has 0 bridgehead atoms. The van der Waals surface area contributed by atoms with Crippen molar-refractivity contribution in [1.29, 1.82) is 0 Å². The van der Waals surface area contributed by atoms with Gasteiger partial charge in [0.1, 0.15) is 17.3 Å². The molecule has 3 aromatic rings. The minimum absolute atomic E-state index is 0.122. The Kier molecular flexibility index (Phi) is 6.08. The van der Waals surface area contributed by atoms with Crippen LogP contribution in [0.15, 0.2) is 42.6 Å². The number of aromatic nitrogens is 4. The van der Waals surface area contributed by atoms with Gasteiger partial charge in [-0.25, -0.2) is 9.97 Å². The number of rotatable bonds is 7. The molecular weight excluding hydrogens is 360 g/mol. The fourth-order valence-corrected chi connectivity index (χ4v) is 3.24. The topological polar surface area (TPSA) is 58.9 Å². The summed E-state index contributed by atoms with van der Waals surface area (Å²) in [7, 11) is 4.09. The molecule has 0 saturated carbocycles. The number of benzene rings is 1. The highest BCUT2D eigenvalue weighted by Gasteiger charge is 2.17. The van der Waals surface area contributed by atoms with E-state index in [9.17, 15) is 0 Å². The summed E-state index contributed by atoms with van der Waals surface area (Å²) in [6.07, 6.45) is 1.96. The summed E-state index contributed by atoms with van der Waals surface area (Å²) in [6, 6.07) is 12.0. The number of hydrogen-bond acceptors (Lipinski definition) is 5. The van der Waals surface area contributed by atoms with Crippen molar-refractivity contribution >= 4 is 17.4 Å². The Morgan fingerprint density at radius 1 is 1.15 bits per heavy atom. The standard InChI is InChI=1S/C20H25ClN6/c1-5-27-11-10-17(25-27)18-12-20(24-14(2)23-18)22-13-19(26(3)4)15-8-6-7-9-16(15)21/h6-12,19H,5,13H2,1-4H3,(H,22,23,24)/t19-/m1/s1. The number of anilines is 1. The van der Waals surface area contributed by atoms with E-state index in [2.05, 4.69) is 38.3 Å². The van der Waals surface area contributed by atoms with E-state index < -0.39 is 0 Å². The van der Waals surface area contributed by atoms with Crippen LogP contribution in [-0.2, 0) is 6.54 Å². The average Bonchev–Trinajstić information content (AvgIpc) is 3.12. The molecule has 3 rings (SSSR count). The van der Waals surface area contributed by atoms with Crippen molar-refractivity contribution in [3.63, 3.8) is 0 Å². The largest absolute Gasteiger partial charge is 0.368 e. The molecule has 0 radical (unpaired) electrons. The molecule has 1 aromatic carbocycles. The zero-order valence-electron chi connectivity index (χ0n) is 16.1. The summed E-state index contributed by atoms with van der Waals surface area (Å²) in [5, 5.41) is 8.74. The van der Waals surface area contributed by atoms with Gasteiger partial charge in [-0.1, -0.05) is 29.8 Å². The zero-order chi connectivity index (χ0) is 19.4. The van der Waals surface area contributed by atoms with Crippen LogP contribution < -0.4 is 5.32 Å². The van der Waals surface area contributed by atoms with Gasteiger partial charge in [0.25, 0.3) is 0 Å². The monoisotopic (exact) mass is 384 g/mol. The molecule has 0 aliphatic heterocycles. The van der Waals surface area contributed by atoms with E-state index in [4.69, 9.17) is 11.6 Å². The van der Waals surface area contributed by atoms with Gasteiger partial charge in [-0.3, -0.25) is 4.68 Å². The highest BCUT2D eigenvalue weighted by molar-refractivity contribution is 6.31. The lowest BCUT2D eigenvalue weighted by Crippen LogP contribution is -2.27. The second kappa shape index (κ2) is 8.50. The van der Waals surface area contributed by atoms with E-state index in [1.54, 1.807) is 0 Å². The Balaban J connectivity index is 1.81. The van der Waals surface area contributed by atoms with Crippen molar-refractivity contribution in [2.24, 2.45) is 0 Å². The van der Waals surface area contributed by atoms with Crippen LogP contribution in [0.25, 0.3) is 11.4 Å². The maximum Gasteiger partial charge on any atom is 0.130 e. The fourth-order valence-electron chi connectivity index (χ4n) is 2.98. The number of likely N-dealkylation sites (N-methyl/N-ethyl adjacent to an activating group) is 1. The van der Waals surface area contributed by atoms with Crippen LogP contribution in [0.4, 0.5) is 5.82 Å². The molecule has 1 N–H and O–H groups in total. The van der Waals surface area contributed by atoms with E-state index in [1.807, 2.05) is 62.2 Å². The third-order valence-corrected chi connectivity index (χ3v) is 4.77. The summed E-state index contributed by atoms with van der Waals surface area (Å²) >= 11 is 6.40. The summed E-state index contributed by atoms with van der Waals surface area (Å²) in [4.78, 5) is 11.2. The van der Waals surface area contributed by atoms with Gasteiger partial charge in [-0.15, -0.1) is 0 Å². The van der Waals surface area contributed by atoms with E-state index >= 15 is 0 Å². The van der Waals surface area contributed by atoms with E-state index in [0.29, 0.717) is 12.4 Å². The molecule has 0 amide bonds. The van der Waals surface area contributed by atoms with Gasteiger partial charge < -0.3 is 10.2 Å². The summed E-state index contributed by atoms with van der Waals surface area (Å²) in [5.74, 6) is 1.49. The maximum absolute atomic E-state index is 6.40. The number of nitrogens with zero attached hydrogens (tertiary/aromatic N) is 5. The van der Waals surface area contributed by atoms with Crippen molar-refractivity contribution in [2.75, 3.05) is 26.0 Å². The van der Waals surface area contributed by atoms with Gasteiger partial charge in [0.15, 0.2) is 0 Å². The molecular formula is C20H25ClN6. The first-order chi connectivity index (χ1) is 13.0. The van der Waals surface area contributed by atoms with Crippen LogP contribution >= 0.6 is 11.6 Å². The normalized spacial score (nSPS) is 12.4. The van der Waals surface area contributed by atoms with E-state index in [1.165, 1.54) is 0 Å². The second-order valence-corrected chi connectivity index (χ2v) is 7.03. The average molecular weight is 385 g/mol. The Morgan fingerprint density at radius 2 is 1.93 bits per heavy atom. The van der Waals surface area contributed by atoms with Gasteiger partial charge in [0, 0.05) is 30.4 Å². The Hall–Kier alpha value is -2.44. The minimum Gasteiger partial charge on any atom is -0.368 e. The lowest BCUT2D eigenvalue weighted by molar-refractivity contribution is 0.312. The second-order valence-electron chi connectivity index (χ2n) is 6.62. The lowest BCUT2D eigenvalue weighted by atomic mass is 10.1. The minimum atomic E-state index is 0.122. The number of aryl methyl sites for hydroxylation is 2. The lowest BCUT2D eigenvalue weighted by Gasteiger charge is -2.26. The molecule has 0 aliphatic carbocycles. The zero-order valence-corrected chi connectivity index (χ0v) is 16.9. The van der Waals surface area contributed by atoms with Gasteiger partial charge in [0.05, 0.1) is 11.7 Å². The third-order valence-electron chi connectivity index (χ3n) is 4.43. The molecule has 6 nitrogen and oxygen atoms in total. The number of nitrogens with one attached hydrogen (secondary N) is 1. The van der Waals surface area contributed by atoms with Gasteiger partial charge in [-0.05, 0) is 45.6 Å². The van der Waals surface area contributed by atoms with Crippen LogP contribution in [0.2, 0.25) is 5.02 Å². The van der Waals surface area contributed by atoms with E-state index in [-0.39, 0.29) is 6.04 Å². The first-order valence-corrected chi connectivity index (χ1v) is 9.40. The predicted molar refractivity (Wildman–Crippen MR) is 110 cm³/mol. The molecule has 1 atom stereocenters. The summed E-state index contributed by atoms with van der Waals surface area (Å²) in [6.45, 7) is 5.46. The van der Waals surface area contributed by atoms with Gasteiger partial charge >= 0.3 is 0 Å². The molecule has 7 heteroatoms. The summed E-state index contributed by atoms with van der Waals surface area (Å²) in [5.41, 5.74) is 2.75. The molecule has 0 aliphatic rings. The van der Waals surface area contributed by atoms with Crippen molar-refractivity contribution < 1.29 is 0 Å². The first kappa shape index (κ1) is 19.3. The Labute approximate surface area is 165 Å². The van der Waals surface area contributed by atoms with Gasteiger partial charge in [0.2, 0.25) is 0 Å². The van der Waals surface area contributed by atoms with Crippen LogP contribution in [0.5, 0.6) is 0 Å². The smallest absolute Gasteiger partial charge is 0.130 e. The molecule has 142 valence electrons. The van der Waals surface area contributed by atoms with Gasteiger partial charge in [-0.2, -0.15) is 5.10 Å². The maximum atomic E-state index is 6.40. The molecule has 0 unspecified atom stereocenters. The molecule has 0 saturated heterocycles.